The number of carbonyl (C=O) groups is 5. The monoisotopic (exact) mass is 493 g/mol. The van der Waals surface area contributed by atoms with Crippen molar-refractivity contribution in [2.75, 3.05) is 26.2 Å². The van der Waals surface area contributed by atoms with Gasteiger partial charge in [-0.15, -0.1) is 0 Å². The van der Waals surface area contributed by atoms with Crippen LogP contribution in [0.4, 0.5) is 4.79 Å². The van der Waals surface area contributed by atoms with Crippen molar-refractivity contribution >= 4 is 29.8 Å². The van der Waals surface area contributed by atoms with Crippen molar-refractivity contribution in [3.8, 4) is 5.75 Å². The minimum absolute atomic E-state index is 0.0187. The van der Waals surface area contributed by atoms with E-state index in [1.54, 1.807) is 48.2 Å². The molecule has 10 nitrogen and oxygen atoms in total. The van der Waals surface area contributed by atoms with E-state index in [0.717, 1.165) is 4.90 Å². The number of piperidine rings is 1. The number of ether oxygens (including phenoxy) is 2. The number of rotatable bonds is 7. The molecule has 4 amide bonds. The lowest BCUT2D eigenvalue weighted by atomic mass is 10.0. The third kappa shape index (κ3) is 5.54. The summed E-state index contributed by atoms with van der Waals surface area (Å²) in [6, 6.07) is 12.8. The first-order chi connectivity index (χ1) is 17.4. The molecule has 1 saturated heterocycles. The fourth-order valence-electron chi connectivity index (χ4n) is 4.27. The van der Waals surface area contributed by atoms with Crippen LogP contribution in [0, 0.1) is 0 Å². The Morgan fingerprint density at radius 3 is 2.14 bits per heavy atom. The molecule has 1 fully saturated rings. The molecule has 0 atom stereocenters. The maximum Gasteiger partial charge on any atom is 0.513 e. The lowest BCUT2D eigenvalue weighted by molar-refractivity contribution is -0.122. The van der Waals surface area contributed by atoms with Crippen LogP contribution in [-0.4, -0.2) is 71.9 Å². The van der Waals surface area contributed by atoms with E-state index >= 15 is 0 Å². The van der Waals surface area contributed by atoms with Gasteiger partial charge < -0.3 is 19.7 Å². The second-order valence-corrected chi connectivity index (χ2v) is 8.50. The zero-order valence-corrected chi connectivity index (χ0v) is 19.9. The number of benzene rings is 2. The second-order valence-electron chi connectivity index (χ2n) is 8.50. The van der Waals surface area contributed by atoms with Gasteiger partial charge in [-0.05, 0) is 56.2 Å². The van der Waals surface area contributed by atoms with Gasteiger partial charge in [0.1, 0.15) is 5.75 Å². The molecule has 2 aliphatic heterocycles. The molecule has 4 rings (SSSR count). The van der Waals surface area contributed by atoms with Crippen molar-refractivity contribution in [1.29, 1.82) is 0 Å². The van der Waals surface area contributed by atoms with Crippen LogP contribution in [0.15, 0.2) is 48.5 Å². The topological polar surface area (TPSA) is 122 Å². The molecular weight excluding hydrogens is 466 g/mol. The van der Waals surface area contributed by atoms with Crippen molar-refractivity contribution in [3.63, 3.8) is 0 Å². The second kappa shape index (κ2) is 11.0. The van der Waals surface area contributed by atoms with E-state index in [0.29, 0.717) is 42.6 Å². The summed E-state index contributed by atoms with van der Waals surface area (Å²) in [5.74, 6) is -0.861. The van der Waals surface area contributed by atoms with Gasteiger partial charge in [-0.1, -0.05) is 12.1 Å². The summed E-state index contributed by atoms with van der Waals surface area (Å²) in [4.78, 5) is 64.3. The molecule has 0 saturated carbocycles. The zero-order chi connectivity index (χ0) is 25.7. The van der Waals surface area contributed by atoms with Crippen LogP contribution < -0.4 is 10.1 Å². The van der Waals surface area contributed by atoms with Gasteiger partial charge in [0.2, 0.25) is 5.91 Å². The van der Waals surface area contributed by atoms with Gasteiger partial charge >= 0.3 is 6.16 Å². The summed E-state index contributed by atoms with van der Waals surface area (Å²) in [6.07, 6.45) is 0.401. The van der Waals surface area contributed by atoms with E-state index in [2.05, 4.69) is 5.32 Å². The molecule has 2 aromatic rings. The number of imide groups is 1. The van der Waals surface area contributed by atoms with Crippen LogP contribution >= 0.6 is 0 Å². The fraction of sp³-hybridized carbons (Fsp3) is 0.346. The first-order valence-corrected chi connectivity index (χ1v) is 11.9. The Morgan fingerprint density at radius 1 is 0.944 bits per heavy atom. The van der Waals surface area contributed by atoms with Crippen molar-refractivity contribution in [3.05, 3.63) is 65.2 Å². The summed E-state index contributed by atoms with van der Waals surface area (Å²) in [6.45, 7) is 2.85. The molecular formula is C26H27N3O7. The van der Waals surface area contributed by atoms with Crippen molar-refractivity contribution < 1.29 is 33.4 Å². The minimum Gasteiger partial charge on any atom is -0.434 e. The van der Waals surface area contributed by atoms with Gasteiger partial charge in [-0.2, -0.15) is 0 Å². The Kier molecular flexibility index (Phi) is 7.62. The van der Waals surface area contributed by atoms with Gasteiger partial charge in [-0.3, -0.25) is 24.1 Å². The first kappa shape index (κ1) is 24.9. The maximum atomic E-state index is 12.8. The molecule has 188 valence electrons. The molecule has 36 heavy (non-hydrogen) atoms. The highest BCUT2D eigenvalue weighted by atomic mass is 16.7. The standard InChI is InChI=1S/C26H27N3O7/c1-2-35-26(34)36-19-9-7-17(8-10-19)23(31)28-14-11-18(12-15-28)27-22(30)13-16-29-24(32)20-5-3-4-6-21(20)25(29)33/h3-10,18H,2,11-16H2,1H3,(H,27,30). The van der Waals surface area contributed by atoms with Crippen LogP contribution in [0.25, 0.3) is 0 Å². The highest BCUT2D eigenvalue weighted by Gasteiger charge is 2.35. The van der Waals surface area contributed by atoms with Gasteiger partial charge in [0, 0.05) is 37.7 Å². The molecule has 0 aliphatic carbocycles. The van der Waals surface area contributed by atoms with Gasteiger partial charge in [0.25, 0.3) is 17.7 Å². The van der Waals surface area contributed by atoms with Gasteiger partial charge in [-0.25, -0.2) is 4.79 Å². The Hall–Kier alpha value is -4.21. The fourth-order valence-corrected chi connectivity index (χ4v) is 4.27. The van der Waals surface area contributed by atoms with Crippen LogP contribution in [0.5, 0.6) is 5.75 Å². The summed E-state index contributed by atoms with van der Waals surface area (Å²) in [5, 5.41) is 2.94. The maximum absolute atomic E-state index is 12.8. The number of nitrogens with zero attached hydrogens (tertiary/aromatic N) is 2. The predicted molar refractivity (Wildman–Crippen MR) is 128 cm³/mol. The number of carbonyl (C=O) groups excluding carboxylic acids is 5. The molecule has 0 radical (unpaired) electrons. The number of likely N-dealkylation sites (tertiary alicyclic amines) is 1. The molecule has 0 bridgehead atoms. The lowest BCUT2D eigenvalue weighted by Crippen LogP contribution is -2.47. The summed E-state index contributed by atoms with van der Waals surface area (Å²) in [5.41, 5.74) is 1.19. The van der Waals surface area contributed by atoms with Crippen LogP contribution in [-0.2, 0) is 9.53 Å². The van der Waals surface area contributed by atoms with Crippen LogP contribution in [0.3, 0.4) is 0 Å². The normalized spacial score (nSPS) is 15.5. The molecule has 2 aromatic carbocycles. The summed E-state index contributed by atoms with van der Waals surface area (Å²) in [7, 11) is 0. The van der Waals surface area contributed by atoms with Crippen molar-refractivity contribution in [2.45, 2.75) is 32.2 Å². The van der Waals surface area contributed by atoms with Gasteiger partial charge in [0.05, 0.1) is 17.7 Å². The van der Waals surface area contributed by atoms with Crippen molar-refractivity contribution in [1.82, 2.24) is 15.1 Å². The number of fused-ring (bicyclic) bond motifs is 1. The molecule has 0 spiro atoms. The molecule has 2 heterocycles. The highest BCUT2D eigenvalue weighted by molar-refractivity contribution is 6.21. The highest BCUT2D eigenvalue weighted by Crippen LogP contribution is 2.22. The van der Waals surface area contributed by atoms with E-state index in [9.17, 15) is 24.0 Å². The third-order valence-corrected chi connectivity index (χ3v) is 6.15. The minimum atomic E-state index is -0.801. The lowest BCUT2D eigenvalue weighted by Gasteiger charge is -2.32. The molecule has 0 unspecified atom stereocenters. The number of hydrogen-bond acceptors (Lipinski definition) is 7. The summed E-state index contributed by atoms with van der Waals surface area (Å²) < 4.78 is 9.72. The number of amides is 4. The quantitative estimate of drug-likeness (QED) is 0.357. The van der Waals surface area contributed by atoms with E-state index in [1.165, 1.54) is 12.1 Å². The van der Waals surface area contributed by atoms with Crippen LogP contribution in [0.2, 0.25) is 0 Å². The van der Waals surface area contributed by atoms with Crippen LogP contribution in [0.1, 0.15) is 57.3 Å². The largest absolute Gasteiger partial charge is 0.513 e. The summed E-state index contributed by atoms with van der Waals surface area (Å²) >= 11 is 0. The molecule has 10 heteroatoms. The average Bonchev–Trinajstić information content (AvgIpc) is 3.13. The van der Waals surface area contributed by atoms with E-state index < -0.39 is 6.16 Å². The smallest absolute Gasteiger partial charge is 0.434 e. The Balaban J connectivity index is 1.21. The Bertz CT molecular complexity index is 1140. The van der Waals surface area contributed by atoms with Gasteiger partial charge in [0.15, 0.2) is 0 Å². The van der Waals surface area contributed by atoms with E-state index in [-0.39, 0.29) is 55.0 Å². The first-order valence-electron chi connectivity index (χ1n) is 11.9. The molecule has 0 aromatic heterocycles. The average molecular weight is 494 g/mol. The number of hydrogen-bond donors (Lipinski definition) is 1. The Labute approximate surface area is 208 Å². The zero-order valence-electron chi connectivity index (χ0n) is 19.9. The molecule has 2 aliphatic rings. The number of nitrogens with one attached hydrogen (secondary N) is 1. The van der Waals surface area contributed by atoms with E-state index in [1.807, 2.05) is 0 Å². The Morgan fingerprint density at radius 2 is 1.56 bits per heavy atom. The predicted octanol–water partition coefficient (Wildman–Crippen LogP) is 2.63. The van der Waals surface area contributed by atoms with Crippen molar-refractivity contribution in [2.24, 2.45) is 0 Å². The molecule has 1 N–H and O–H groups in total. The third-order valence-electron chi connectivity index (χ3n) is 6.15. The SMILES string of the molecule is CCOC(=O)Oc1ccc(C(=O)N2CCC(NC(=O)CCN3C(=O)c4ccccc4C3=O)CC2)cc1. The van der Waals surface area contributed by atoms with E-state index in [4.69, 9.17) is 9.47 Å².